The highest BCUT2D eigenvalue weighted by atomic mass is 16.6. The molecule has 0 unspecified atom stereocenters. The van der Waals surface area contributed by atoms with Crippen LogP contribution in [0, 0.1) is 20.8 Å². The third-order valence-electron chi connectivity index (χ3n) is 3.77. The molecule has 0 aliphatic carbocycles. The van der Waals surface area contributed by atoms with Gasteiger partial charge in [-0.05, 0) is 62.9 Å². The molecule has 0 bridgehead atoms. The monoisotopic (exact) mass is 360 g/mol. The quantitative estimate of drug-likeness (QED) is 0.344. The van der Waals surface area contributed by atoms with Crippen LogP contribution in [0.3, 0.4) is 0 Å². The minimum Gasteiger partial charge on any atom is -0.493 e. The van der Waals surface area contributed by atoms with Crippen LogP contribution in [0.4, 0.5) is 0 Å². The maximum absolute atomic E-state index is 5.97. The number of rotatable bonds is 11. The topological polar surface area (TPSA) is 66.1 Å². The van der Waals surface area contributed by atoms with Gasteiger partial charge in [-0.3, -0.25) is 0 Å². The van der Waals surface area contributed by atoms with Crippen LogP contribution in [0.15, 0.2) is 27.9 Å². The summed E-state index contributed by atoms with van der Waals surface area (Å²) in [5.41, 5.74) is 4.06. The van der Waals surface area contributed by atoms with Gasteiger partial charge in [0.2, 0.25) is 0 Å². The second-order valence-corrected chi connectivity index (χ2v) is 6.14. The maximum Gasteiger partial charge on any atom is 0.140 e. The molecule has 6 nitrogen and oxygen atoms in total. The number of oxime groups is 1. The zero-order chi connectivity index (χ0) is 18.8. The number of nitrogens with zero attached hydrogens (tertiary/aromatic N) is 2. The Labute approximate surface area is 155 Å². The minimum atomic E-state index is 0.453. The minimum absolute atomic E-state index is 0.453. The van der Waals surface area contributed by atoms with Crippen molar-refractivity contribution in [1.82, 2.24) is 5.16 Å². The molecule has 1 aromatic heterocycles. The van der Waals surface area contributed by atoms with Crippen molar-refractivity contribution in [2.24, 2.45) is 5.16 Å². The molecule has 2 aromatic rings. The van der Waals surface area contributed by atoms with Crippen LogP contribution >= 0.6 is 0 Å². The lowest BCUT2D eigenvalue weighted by Gasteiger charge is -2.12. The van der Waals surface area contributed by atoms with Crippen molar-refractivity contribution in [2.75, 3.05) is 26.4 Å². The summed E-state index contributed by atoms with van der Waals surface area (Å²) >= 11 is 0. The van der Waals surface area contributed by atoms with E-state index in [4.69, 9.17) is 18.8 Å². The number of aryl methyl sites for hydroxylation is 4. The number of ether oxygens (including phenoxy) is 2. The molecule has 0 spiro atoms. The summed E-state index contributed by atoms with van der Waals surface area (Å²) in [7, 11) is 0. The average Bonchev–Trinajstić information content (AvgIpc) is 3.02. The predicted octanol–water partition coefficient (Wildman–Crippen LogP) is 4.00. The first-order valence-corrected chi connectivity index (χ1v) is 8.99. The third kappa shape index (κ3) is 6.52. The molecule has 0 aliphatic heterocycles. The fraction of sp³-hybridized carbons (Fsp3) is 0.500. The van der Waals surface area contributed by atoms with Crippen LogP contribution in [0.2, 0.25) is 0 Å². The second kappa shape index (κ2) is 10.6. The van der Waals surface area contributed by atoms with E-state index in [9.17, 15) is 0 Å². The Kier molecular flexibility index (Phi) is 8.15. The van der Waals surface area contributed by atoms with Gasteiger partial charge in [0, 0.05) is 19.1 Å². The number of aromatic nitrogens is 1. The van der Waals surface area contributed by atoms with E-state index < -0.39 is 0 Å². The van der Waals surface area contributed by atoms with Crippen molar-refractivity contribution in [3.63, 3.8) is 0 Å². The molecule has 0 aliphatic rings. The largest absolute Gasteiger partial charge is 0.493 e. The van der Waals surface area contributed by atoms with E-state index in [1.165, 1.54) is 0 Å². The van der Waals surface area contributed by atoms with E-state index in [-0.39, 0.29) is 0 Å². The number of hydrogen-bond donors (Lipinski definition) is 0. The lowest BCUT2D eigenvalue weighted by atomic mass is 10.1. The molecular formula is C20H28N2O4. The predicted molar refractivity (Wildman–Crippen MR) is 101 cm³/mol. The van der Waals surface area contributed by atoms with E-state index in [1.54, 1.807) is 6.21 Å². The molecule has 6 heteroatoms. The van der Waals surface area contributed by atoms with Gasteiger partial charge in [0.15, 0.2) is 0 Å². The summed E-state index contributed by atoms with van der Waals surface area (Å²) in [6, 6.07) is 6.04. The molecule has 142 valence electrons. The molecule has 0 amide bonds. The van der Waals surface area contributed by atoms with Crippen LogP contribution < -0.4 is 4.74 Å². The summed E-state index contributed by atoms with van der Waals surface area (Å²) in [4.78, 5) is 5.17. The summed E-state index contributed by atoms with van der Waals surface area (Å²) in [6.07, 6.45) is 3.41. The first kappa shape index (κ1) is 20.0. The van der Waals surface area contributed by atoms with Crippen LogP contribution in [0.5, 0.6) is 5.75 Å². The normalized spacial score (nSPS) is 11.2. The Morgan fingerprint density at radius 3 is 2.50 bits per heavy atom. The fourth-order valence-corrected chi connectivity index (χ4v) is 2.63. The van der Waals surface area contributed by atoms with E-state index in [1.807, 2.05) is 45.9 Å². The van der Waals surface area contributed by atoms with Crippen molar-refractivity contribution in [3.05, 3.63) is 46.3 Å². The molecule has 1 heterocycles. The van der Waals surface area contributed by atoms with Crippen molar-refractivity contribution in [3.8, 4) is 5.75 Å². The van der Waals surface area contributed by atoms with E-state index in [2.05, 4.69) is 10.3 Å². The second-order valence-electron chi connectivity index (χ2n) is 6.14. The Hall–Kier alpha value is -2.34. The van der Waals surface area contributed by atoms with Gasteiger partial charge in [-0.15, -0.1) is 0 Å². The van der Waals surface area contributed by atoms with Crippen molar-refractivity contribution in [1.29, 1.82) is 0 Å². The zero-order valence-electron chi connectivity index (χ0n) is 16.1. The molecule has 1 aromatic carbocycles. The van der Waals surface area contributed by atoms with Gasteiger partial charge in [0.25, 0.3) is 0 Å². The number of benzene rings is 1. The molecule has 0 saturated heterocycles. The zero-order valence-corrected chi connectivity index (χ0v) is 16.1. The van der Waals surface area contributed by atoms with Gasteiger partial charge in [-0.25, -0.2) is 0 Å². The molecular weight excluding hydrogens is 332 g/mol. The lowest BCUT2D eigenvalue weighted by molar-refractivity contribution is 0.0568. The molecule has 0 radical (unpaired) electrons. The highest BCUT2D eigenvalue weighted by Gasteiger charge is 2.07. The van der Waals surface area contributed by atoms with Gasteiger partial charge in [0.05, 0.1) is 25.1 Å². The molecule has 0 N–H and O–H groups in total. The third-order valence-corrected chi connectivity index (χ3v) is 3.77. The van der Waals surface area contributed by atoms with Crippen LogP contribution in [0.25, 0.3) is 0 Å². The first-order chi connectivity index (χ1) is 12.6. The summed E-state index contributed by atoms with van der Waals surface area (Å²) in [5.74, 6) is 1.82. The molecule has 2 rings (SSSR count). The van der Waals surface area contributed by atoms with Crippen molar-refractivity contribution < 1.29 is 18.8 Å². The van der Waals surface area contributed by atoms with Gasteiger partial charge in [0.1, 0.15) is 18.1 Å². The average molecular weight is 360 g/mol. The lowest BCUT2D eigenvalue weighted by Crippen LogP contribution is -2.03. The first-order valence-electron chi connectivity index (χ1n) is 8.99. The summed E-state index contributed by atoms with van der Waals surface area (Å²) in [6.45, 7) is 10.3. The van der Waals surface area contributed by atoms with Crippen molar-refractivity contribution >= 4 is 6.21 Å². The Morgan fingerprint density at radius 1 is 1.08 bits per heavy atom. The summed E-state index contributed by atoms with van der Waals surface area (Å²) < 4.78 is 16.4. The molecule has 0 saturated carbocycles. The van der Waals surface area contributed by atoms with E-state index in [0.29, 0.717) is 26.4 Å². The van der Waals surface area contributed by atoms with Crippen LogP contribution in [-0.2, 0) is 16.0 Å². The fourth-order valence-electron chi connectivity index (χ4n) is 2.63. The van der Waals surface area contributed by atoms with Crippen LogP contribution in [0.1, 0.15) is 41.5 Å². The Bertz CT molecular complexity index is 687. The Morgan fingerprint density at radius 2 is 1.85 bits per heavy atom. The maximum atomic E-state index is 5.97. The van der Waals surface area contributed by atoms with Gasteiger partial charge in [-0.2, -0.15) is 0 Å². The molecule has 0 atom stereocenters. The standard InChI is InChI=1S/C20H28N2O4/c1-5-23-9-10-25-21-14-18-11-15(2)20(16(3)12-18)24-8-6-7-19-13-17(4)22-26-19/h11-14H,5-10H2,1-4H3. The highest BCUT2D eigenvalue weighted by Crippen LogP contribution is 2.24. The molecule has 26 heavy (non-hydrogen) atoms. The number of hydrogen-bond acceptors (Lipinski definition) is 6. The Balaban J connectivity index is 1.81. The van der Waals surface area contributed by atoms with Crippen molar-refractivity contribution in [2.45, 2.75) is 40.5 Å². The van der Waals surface area contributed by atoms with E-state index >= 15 is 0 Å². The van der Waals surface area contributed by atoms with Crippen LogP contribution in [-0.4, -0.2) is 37.8 Å². The summed E-state index contributed by atoms with van der Waals surface area (Å²) in [5, 5.41) is 7.87. The van der Waals surface area contributed by atoms with Gasteiger partial charge in [-0.1, -0.05) is 10.3 Å². The SMILES string of the molecule is CCOCCON=Cc1cc(C)c(OCCCc2cc(C)no2)c(C)c1. The highest BCUT2D eigenvalue weighted by molar-refractivity contribution is 5.80. The smallest absolute Gasteiger partial charge is 0.140 e. The van der Waals surface area contributed by atoms with Gasteiger partial charge >= 0.3 is 0 Å². The molecule has 0 fully saturated rings. The van der Waals surface area contributed by atoms with Gasteiger partial charge < -0.3 is 18.8 Å². The van der Waals surface area contributed by atoms with E-state index in [0.717, 1.165) is 46.7 Å².